The normalized spacial score (nSPS) is 14.8. The molecular weight excluding hydrogens is 233 g/mol. The van der Waals surface area contributed by atoms with E-state index in [2.05, 4.69) is 10.2 Å². The predicted molar refractivity (Wildman–Crippen MR) is 68.7 cm³/mol. The van der Waals surface area contributed by atoms with Gasteiger partial charge in [-0.2, -0.15) is 0 Å². The number of carbonyl (C=O) groups excluding carboxylic acids is 1. The van der Waals surface area contributed by atoms with Gasteiger partial charge < -0.3 is 11.1 Å². The Balaban J connectivity index is 1.85. The van der Waals surface area contributed by atoms with Crippen molar-refractivity contribution in [2.45, 2.75) is 18.9 Å². The third kappa shape index (κ3) is 3.78. The maximum absolute atomic E-state index is 12.7. The van der Waals surface area contributed by atoms with E-state index >= 15 is 0 Å². The second kappa shape index (κ2) is 5.93. The number of rotatable bonds is 6. The van der Waals surface area contributed by atoms with E-state index in [0.29, 0.717) is 24.8 Å². The molecule has 18 heavy (non-hydrogen) atoms. The Kier molecular flexibility index (Phi) is 4.28. The maximum atomic E-state index is 12.7. The molecule has 0 aromatic heterocycles. The van der Waals surface area contributed by atoms with E-state index in [9.17, 15) is 9.18 Å². The largest absolute Gasteiger partial charge is 0.329 e. The monoisotopic (exact) mass is 251 g/mol. The fourth-order valence-electron chi connectivity index (χ4n) is 1.91. The molecule has 0 aliphatic heterocycles. The molecule has 0 atom stereocenters. The van der Waals surface area contributed by atoms with Crippen LogP contribution in [-0.2, 0) is 4.79 Å². The van der Waals surface area contributed by atoms with Gasteiger partial charge in [0.2, 0.25) is 5.91 Å². The van der Waals surface area contributed by atoms with Crippen molar-refractivity contribution in [3.63, 3.8) is 0 Å². The average Bonchev–Trinajstić information content (AvgIpc) is 3.16. The highest BCUT2D eigenvalue weighted by Crippen LogP contribution is 2.26. The van der Waals surface area contributed by atoms with Gasteiger partial charge >= 0.3 is 0 Å². The number of nitrogens with one attached hydrogen (secondary N) is 1. The van der Waals surface area contributed by atoms with Crippen LogP contribution < -0.4 is 11.1 Å². The smallest absolute Gasteiger partial charge is 0.238 e. The molecule has 1 aliphatic rings. The zero-order chi connectivity index (χ0) is 13.0. The summed E-state index contributed by atoms with van der Waals surface area (Å²) in [4.78, 5) is 13.9. The van der Waals surface area contributed by atoms with Crippen molar-refractivity contribution in [2.75, 3.05) is 25.0 Å². The summed E-state index contributed by atoms with van der Waals surface area (Å²) in [5.74, 6) is -0.391. The SMILES string of the molecule is NCCN(CC(=O)Nc1ccc(F)cc1)C1CC1. The van der Waals surface area contributed by atoms with Crippen molar-refractivity contribution in [2.24, 2.45) is 5.73 Å². The molecule has 0 unspecified atom stereocenters. The van der Waals surface area contributed by atoms with E-state index in [0.717, 1.165) is 19.4 Å². The molecule has 3 N–H and O–H groups in total. The zero-order valence-corrected chi connectivity index (χ0v) is 10.2. The van der Waals surface area contributed by atoms with E-state index in [-0.39, 0.29) is 11.7 Å². The molecule has 0 saturated heterocycles. The van der Waals surface area contributed by atoms with Gasteiger partial charge in [-0.05, 0) is 37.1 Å². The van der Waals surface area contributed by atoms with Gasteiger partial charge in [-0.15, -0.1) is 0 Å². The van der Waals surface area contributed by atoms with Crippen LogP contribution in [0.5, 0.6) is 0 Å². The standard InChI is InChI=1S/C13H18FN3O/c14-10-1-3-11(4-2-10)16-13(18)9-17(8-7-15)12-5-6-12/h1-4,12H,5-9,15H2,(H,16,18). The Bertz CT molecular complexity index is 403. The second-order valence-corrected chi connectivity index (χ2v) is 4.55. The van der Waals surface area contributed by atoms with E-state index in [1.54, 1.807) is 12.1 Å². The highest BCUT2D eigenvalue weighted by Gasteiger charge is 2.29. The maximum Gasteiger partial charge on any atom is 0.238 e. The molecule has 1 fully saturated rings. The number of nitrogens with two attached hydrogens (primary N) is 1. The van der Waals surface area contributed by atoms with Crippen LogP contribution in [0, 0.1) is 5.82 Å². The minimum absolute atomic E-state index is 0.0815. The van der Waals surface area contributed by atoms with Gasteiger partial charge in [0.1, 0.15) is 5.82 Å². The van der Waals surface area contributed by atoms with Crippen LogP contribution in [0.2, 0.25) is 0 Å². The second-order valence-electron chi connectivity index (χ2n) is 4.55. The molecule has 1 amide bonds. The quantitative estimate of drug-likeness (QED) is 0.798. The topological polar surface area (TPSA) is 58.4 Å². The van der Waals surface area contributed by atoms with E-state index in [1.165, 1.54) is 12.1 Å². The first-order valence-electron chi connectivity index (χ1n) is 6.18. The molecule has 98 valence electrons. The predicted octanol–water partition coefficient (Wildman–Crippen LogP) is 1.19. The zero-order valence-electron chi connectivity index (χ0n) is 10.2. The van der Waals surface area contributed by atoms with E-state index in [1.807, 2.05) is 0 Å². The van der Waals surface area contributed by atoms with E-state index in [4.69, 9.17) is 5.73 Å². The van der Waals surface area contributed by atoms with Crippen LogP contribution >= 0.6 is 0 Å². The molecule has 0 radical (unpaired) electrons. The fourth-order valence-corrected chi connectivity index (χ4v) is 1.91. The van der Waals surface area contributed by atoms with Crippen LogP contribution in [0.3, 0.4) is 0 Å². The number of anilines is 1. The lowest BCUT2D eigenvalue weighted by Gasteiger charge is -2.20. The van der Waals surface area contributed by atoms with Crippen molar-refractivity contribution >= 4 is 11.6 Å². The summed E-state index contributed by atoms with van der Waals surface area (Å²) in [5.41, 5.74) is 6.14. The average molecular weight is 251 g/mol. The minimum atomic E-state index is -0.310. The summed E-state index contributed by atoms with van der Waals surface area (Å²) in [6, 6.07) is 6.27. The lowest BCUT2D eigenvalue weighted by atomic mass is 10.3. The van der Waals surface area contributed by atoms with Gasteiger partial charge in [0.05, 0.1) is 6.54 Å². The molecule has 1 aliphatic carbocycles. The number of benzene rings is 1. The number of amides is 1. The molecule has 0 heterocycles. The highest BCUT2D eigenvalue weighted by molar-refractivity contribution is 5.92. The lowest BCUT2D eigenvalue weighted by Crippen LogP contribution is -2.38. The third-order valence-corrected chi connectivity index (χ3v) is 2.95. The molecular formula is C13H18FN3O. The van der Waals surface area contributed by atoms with Crippen molar-refractivity contribution in [1.82, 2.24) is 4.90 Å². The third-order valence-electron chi connectivity index (χ3n) is 2.95. The molecule has 1 saturated carbocycles. The van der Waals surface area contributed by atoms with Gasteiger partial charge in [0, 0.05) is 24.8 Å². The number of carbonyl (C=O) groups is 1. The van der Waals surface area contributed by atoms with Crippen LogP contribution in [0.1, 0.15) is 12.8 Å². The molecule has 1 aromatic rings. The number of halogens is 1. The van der Waals surface area contributed by atoms with Gasteiger partial charge in [-0.3, -0.25) is 9.69 Å². The van der Waals surface area contributed by atoms with E-state index < -0.39 is 0 Å². The van der Waals surface area contributed by atoms with Gasteiger partial charge in [0.25, 0.3) is 0 Å². The summed E-state index contributed by atoms with van der Waals surface area (Å²) in [6.07, 6.45) is 2.29. The molecule has 2 rings (SSSR count). The summed E-state index contributed by atoms with van der Waals surface area (Å²) >= 11 is 0. The minimum Gasteiger partial charge on any atom is -0.329 e. The van der Waals surface area contributed by atoms with Gasteiger partial charge in [0.15, 0.2) is 0 Å². The summed E-state index contributed by atoms with van der Waals surface area (Å²) in [7, 11) is 0. The molecule has 4 nitrogen and oxygen atoms in total. The van der Waals surface area contributed by atoms with Gasteiger partial charge in [-0.1, -0.05) is 0 Å². The first-order chi connectivity index (χ1) is 8.69. The van der Waals surface area contributed by atoms with Crippen LogP contribution in [0.4, 0.5) is 10.1 Å². The number of hydrogen-bond donors (Lipinski definition) is 2. The fraction of sp³-hybridized carbons (Fsp3) is 0.462. The van der Waals surface area contributed by atoms with Crippen molar-refractivity contribution < 1.29 is 9.18 Å². The summed E-state index contributed by atoms with van der Waals surface area (Å²) in [6.45, 7) is 1.64. The first kappa shape index (κ1) is 13.0. The van der Waals surface area contributed by atoms with Crippen molar-refractivity contribution in [3.05, 3.63) is 30.1 Å². The number of nitrogens with zero attached hydrogens (tertiary/aromatic N) is 1. The van der Waals surface area contributed by atoms with Crippen LogP contribution in [-0.4, -0.2) is 36.5 Å². The van der Waals surface area contributed by atoms with Gasteiger partial charge in [-0.25, -0.2) is 4.39 Å². The Hall–Kier alpha value is -1.46. The molecule has 5 heteroatoms. The van der Waals surface area contributed by atoms with Crippen molar-refractivity contribution in [3.8, 4) is 0 Å². The lowest BCUT2D eigenvalue weighted by molar-refractivity contribution is -0.117. The highest BCUT2D eigenvalue weighted by atomic mass is 19.1. The summed E-state index contributed by atoms with van der Waals surface area (Å²) < 4.78 is 12.7. The molecule has 1 aromatic carbocycles. The Labute approximate surface area is 106 Å². The Morgan fingerprint density at radius 3 is 2.61 bits per heavy atom. The Morgan fingerprint density at radius 1 is 1.39 bits per heavy atom. The van der Waals surface area contributed by atoms with Crippen LogP contribution in [0.25, 0.3) is 0 Å². The van der Waals surface area contributed by atoms with Crippen LogP contribution in [0.15, 0.2) is 24.3 Å². The van der Waals surface area contributed by atoms with Crippen molar-refractivity contribution in [1.29, 1.82) is 0 Å². The molecule has 0 spiro atoms. The summed E-state index contributed by atoms with van der Waals surface area (Å²) in [5, 5.41) is 2.75. The molecule has 0 bridgehead atoms. The first-order valence-corrected chi connectivity index (χ1v) is 6.18. The number of hydrogen-bond acceptors (Lipinski definition) is 3. The Morgan fingerprint density at radius 2 is 2.06 bits per heavy atom.